The van der Waals surface area contributed by atoms with Crippen molar-refractivity contribution in [3.63, 3.8) is 0 Å². The summed E-state index contributed by atoms with van der Waals surface area (Å²) < 4.78 is 6.18. The molecule has 0 amide bonds. The fourth-order valence-electron chi connectivity index (χ4n) is 3.10. The molecular formula is C22H16N4OS. The zero-order valence-electron chi connectivity index (χ0n) is 15.1. The highest BCUT2D eigenvalue weighted by molar-refractivity contribution is 7.22. The number of benzene rings is 2. The maximum Gasteiger partial charge on any atom is 0.223 e. The van der Waals surface area contributed by atoms with Gasteiger partial charge in [0.1, 0.15) is 0 Å². The summed E-state index contributed by atoms with van der Waals surface area (Å²) in [7, 11) is 0. The molecule has 0 saturated heterocycles. The van der Waals surface area contributed by atoms with Crippen molar-refractivity contribution in [2.75, 3.05) is 5.32 Å². The van der Waals surface area contributed by atoms with E-state index in [-0.39, 0.29) is 0 Å². The van der Waals surface area contributed by atoms with Gasteiger partial charge in [0.25, 0.3) is 0 Å². The van der Waals surface area contributed by atoms with Crippen LogP contribution in [-0.2, 0) is 0 Å². The van der Waals surface area contributed by atoms with Gasteiger partial charge in [-0.3, -0.25) is 4.98 Å². The third kappa shape index (κ3) is 3.14. The molecule has 0 aliphatic rings. The number of hydrogen-bond donors (Lipinski definition) is 1. The molecule has 0 saturated carbocycles. The van der Waals surface area contributed by atoms with E-state index < -0.39 is 0 Å². The monoisotopic (exact) mass is 384 g/mol. The van der Waals surface area contributed by atoms with Gasteiger partial charge in [-0.2, -0.15) is 4.98 Å². The molecule has 0 bridgehead atoms. The average molecular weight is 384 g/mol. The van der Waals surface area contributed by atoms with Gasteiger partial charge in [0.05, 0.1) is 21.5 Å². The van der Waals surface area contributed by atoms with Crippen LogP contribution < -0.4 is 5.32 Å². The Morgan fingerprint density at radius 2 is 1.71 bits per heavy atom. The van der Waals surface area contributed by atoms with Crippen LogP contribution in [0.3, 0.4) is 0 Å². The van der Waals surface area contributed by atoms with Gasteiger partial charge >= 0.3 is 0 Å². The minimum atomic E-state index is 0.558. The highest BCUT2D eigenvalue weighted by Gasteiger charge is 2.13. The van der Waals surface area contributed by atoms with Gasteiger partial charge in [-0.15, -0.1) is 11.3 Å². The van der Waals surface area contributed by atoms with Gasteiger partial charge < -0.3 is 9.84 Å². The quantitative estimate of drug-likeness (QED) is 0.408. The SMILES string of the molecule is Cc1nc(-c2cc3c(Nc4ccc(-c5ccccc5)cc4)cncc3s2)no1. The number of hydrogen-bond acceptors (Lipinski definition) is 6. The molecule has 3 heterocycles. The topological polar surface area (TPSA) is 63.8 Å². The molecule has 0 radical (unpaired) electrons. The summed E-state index contributed by atoms with van der Waals surface area (Å²) in [6.45, 7) is 1.79. The van der Waals surface area contributed by atoms with Crippen molar-refractivity contribution in [3.05, 3.63) is 78.9 Å². The third-order valence-electron chi connectivity index (χ3n) is 4.47. The standard InChI is InChI=1S/C22H16N4OS/c1-14-24-22(26-27-14)20-11-18-19(12-23-13-21(18)28-20)25-17-9-7-16(8-10-17)15-5-3-2-4-6-15/h2-13,25H,1H3. The molecule has 0 unspecified atom stereocenters. The number of aromatic nitrogens is 3. The van der Waals surface area contributed by atoms with Gasteiger partial charge in [-0.05, 0) is 29.3 Å². The smallest absolute Gasteiger partial charge is 0.223 e. The van der Waals surface area contributed by atoms with Gasteiger partial charge in [0, 0.05) is 24.2 Å². The second kappa shape index (κ2) is 6.90. The highest BCUT2D eigenvalue weighted by Crippen LogP contribution is 2.36. The van der Waals surface area contributed by atoms with E-state index in [2.05, 4.69) is 62.9 Å². The molecular weight excluding hydrogens is 368 g/mol. The molecule has 5 rings (SSSR count). The van der Waals surface area contributed by atoms with Crippen molar-refractivity contribution in [1.29, 1.82) is 0 Å². The normalized spacial score (nSPS) is 11.0. The lowest BCUT2D eigenvalue weighted by Crippen LogP contribution is -1.91. The molecule has 0 fully saturated rings. The Morgan fingerprint density at radius 1 is 0.929 bits per heavy atom. The fourth-order valence-corrected chi connectivity index (χ4v) is 4.08. The number of nitrogens with one attached hydrogen (secondary N) is 1. The van der Waals surface area contributed by atoms with Crippen molar-refractivity contribution >= 4 is 32.8 Å². The molecule has 5 aromatic rings. The minimum Gasteiger partial charge on any atom is -0.354 e. The summed E-state index contributed by atoms with van der Waals surface area (Å²) in [6, 6.07) is 20.8. The number of pyridine rings is 1. The first-order valence-corrected chi connectivity index (χ1v) is 9.69. The van der Waals surface area contributed by atoms with Crippen LogP contribution in [0.25, 0.3) is 31.9 Å². The number of aryl methyl sites for hydroxylation is 1. The average Bonchev–Trinajstić information content (AvgIpc) is 3.36. The van der Waals surface area contributed by atoms with Crippen LogP contribution in [0, 0.1) is 6.92 Å². The van der Waals surface area contributed by atoms with Gasteiger partial charge in [-0.25, -0.2) is 0 Å². The molecule has 0 aliphatic carbocycles. The summed E-state index contributed by atoms with van der Waals surface area (Å²) in [6.07, 6.45) is 3.70. The lowest BCUT2D eigenvalue weighted by atomic mass is 10.1. The largest absolute Gasteiger partial charge is 0.354 e. The summed E-state index contributed by atoms with van der Waals surface area (Å²) in [4.78, 5) is 9.65. The van der Waals surface area contributed by atoms with E-state index in [0.29, 0.717) is 11.7 Å². The molecule has 3 aromatic heterocycles. The van der Waals surface area contributed by atoms with Gasteiger partial charge in [0.2, 0.25) is 11.7 Å². The zero-order chi connectivity index (χ0) is 18.9. The number of thiophene rings is 1. The van der Waals surface area contributed by atoms with Gasteiger partial charge in [0.15, 0.2) is 0 Å². The Hall–Kier alpha value is -3.51. The maximum atomic E-state index is 5.10. The van der Waals surface area contributed by atoms with Crippen molar-refractivity contribution < 1.29 is 4.52 Å². The van der Waals surface area contributed by atoms with Crippen LogP contribution in [0.4, 0.5) is 11.4 Å². The molecule has 1 N–H and O–H groups in total. The Kier molecular flexibility index (Phi) is 4.10. The predicted octanol–water partition coefficient (Wildman–Crippen LogP) is 6.07. The van der Waals surface area contributed by atoms with Crippen LogP contribution in [0.2, 0.25) is 0 Å². The first kappa shape index (κ1) is 16.6. The number of anilines is 2. The minimum absolute atomic E-state index is 0.558. The number of nitrogens with zero attached hydrogens (tertiary/aromatic N) is 3. The van der Waals surface area contributed by atoms with E-state index in [1.807, 2.05) is 30.6 Å². The number of fused-ring (bicyclic) bond motifs is 1. The Bertz CT molecular complexity index is 1240. The molecule has 2 aromatic carbocycles. The van der Waals surface area contributed by atoms with E-state index in [4.69, 9.17) is 4.52 Å². The van der Waals surface area contributed by atoms with Crippen LogP contribution in [0.1, 0.15) is 5.89 Å². The van der Waals surface area contributed by atoms with E-state index in [1.54, 1.807) is 18.3 Å². The molecule has 136 valence electrons. The summed E-state index contributed by atoms with van der Waals surface area (Å²) in [5.74, 6) is 1.17. The maximum absolute atomic E-state index is 5.10. The number of rotatable bonds is 4. The van der Waals surface area contributed by atoms with E-state index in [0.717, 1.165) is 26.3 Å². The molecule has 0 aliphatic heterocycles. The molecule has 28 heavy (non-hydrogen) atoms. The van der Waals surface area contributed by atoms with Crippen LogP contribution in [0.5, 0.6) is 0 Å². The highest BCUT2D eigenvalue weighted by atomic mass is 32.1. The zero-order valence-corrected chi connectivity index (χ0v) is 15.9. The van der Waals surface area contributed by atoms with Crippen molar-refractivity contribution in [2.45, 2.75) is 6.92 Å². The molecule has 0 spiro atoms. The van der Waals surface area contributed by atoms with Crippen molar-refractivity contribution in [1.82, 2.24) is 15.1 Å². The molecule has 0 atom stereocenters. The summed E-state index contributed by atoms with van der Waals surface area (Å²) in [5.41, 5.74) is 4.35. The lowest BCUT2D eigenvalue weighted by molar-refractivity contribution is 0.394. The third-order valence-corrected chi connectivity index (χ3v) is 5.53. The summed E-state index contributed by atoms with van der Waals surface area (Å²) >= 11 is 1.60. The Balaban J connectivity index is 1.46. The Labute approximate surface area is 165 Å². The first-order valence-electron chi connectivity index (χ1n) is 8.87. The van der Waals surface area contributed by atoms with Gasteiger partial charge in [-0.1, -0.05) is 47.6 Å². The fraction of sp³-hybridized carbons (Fsp3) is 0.0455. The first-order chi connectivity index (χ1) is 13.8. The van der Waals surface area contributed by atoms with Crippen LogP contribution >= 0.6 is 11.3 Å². The Morgan fingerprint density at radius 3 is 2.46 bits per heavy atom. The lowest BCUT2D eigenvalue weighted by Gasteiger charge is -2.08. The van der Waals surface area contributed by atoms with E-state index in [1.165, 1.54) is 11.1 Å². The second-order valence-electron chi connectivity index (χ2n) is 6.41. The molecule has 5 nitrogen and oxygen atoms in total. The van der Waals surface area contributed by atoms with Crippen LogP contribution in [0.15, 0.2) is 77.6 Å². The van der Waals surface area contributed by atoms with Crippen LogP contribution in [-0.4, -0.2) is 15.1 Å². The molecule has 6 heteroatoms. The second-order valence-corrected chi connectivity index (χ2v) is 7.50. The predicted molar refractivity (Wildman–Crippen MR) is 113 cm³/mol. The van der Waals surface area contributed by atoms with E-state index >= 15 is 0 Å². The summed E-state index contributed by atoms with van der Waals surface area (Å²) in [5, 5.41) is 8.58. The van der Waals surface area contributed by atoms with Crippen molar-refractivity contribution in [2.24, 2.45) is 0 Å². The van der Waals surface area contributed by atoms with Crippen molar-refractivity contribution in [3.8, 4) is 21.8 Å². The van der Waals surface area contributed by atoms with E-state index in [9.17, 15) is 0 Å².